The molecule has 5 nitrogen and oxygen atoms in total. The predicted molar refractivity (Wildman–Crippen MR) is 135 cm³/mol. The largest absolute Gasteiger partial charge is 0.451 e. The van der Waals surface area contributed by atoms with Crippen LogP contribution in [0.5, 0.6) is 0 Å². The number of oxazole rings is 1. The molecule has 2 aromatic carbocycles. The maximum Gasteiger partial charge on any atom is 0.231 e. The van der Waals surface area contributed by atoms with Crippen molar-refractivity contribution >= 4 is 21.9 Å². The maximum atomic E-state index is 5.19. The Morgan fingerprint density at radius 1 is 0.882 bits per heavy atom. The molecule has 0 radical (unpaired) electrons. The summed E-state index contributed by atoms with van der Waals surface area (Å²) in [7, 11) is 0. The van der Waals surface area contributed by atoms with Gasteiger partial charge in [0.2, 0.25) is 5.52 Å². The fourth-order valence-electron chi connectivity index (χ4n) is 5.04. The first-order chi connectivity index (χ1) is 16.4. The number of hydrogen-bond donors (Lipinski definition) is 0. The Labute approximate surface area is 200 Å². The van der Waals surface area contributed by atoms with Crippen LogP contribution in [0, 0.1) is 0 Å². The van der Waals surface area contributed by atoms with Crippen LogP contribution in [0.25, 0.3) is 21.9 Å². The molecule has 5 aromatic rings. The van der Waals surface area contributed by atoms with Crippen LogP contribution in [0.4, 0.5) is 0 Å². The average Bonchev–Trinajstić information content (AvgIpc) is 3.38. The van der Waals surface area contributed by atoms with Crippen molar-refractivity contribution in [2.45, 2.75) is 58.4 Å². The summed E-state index contributed by atoms with van der Waals surface area (Å²) in [4.78, 5) is 14.0. The first kappa shape index (κ1) is 22.2. The van der Waals surface area contributed by atoms with Crippen LogP contribution in [-0.2, 0) is 12.0 Å². The van der Waals surface area contributed by atoms with Gasteiger partial charge in [-0.25, -0.2) is 9.97 Å². The normalized spacial score (nSPS) is 13.1. The summed E-state index contributed by atoms with van der Waals surface area (Å²) in [6.07, 6.45) is 9.10. The molecule has 0 aliphatic heterocycles. The summed E-state index contributed by atoms with van der Waals surface area (Å²) < 4.78 is 7.46. The molecule has 3 aromatic heterocycles. The zero-order chi connectivity index (χ0) is 23.9. The molecule has 0 bridgehead atoms. The van der Waals surface area contributed by atoms with Crippen molar-refractivity contribution in [1.82, 2.24) is 15.0 Å². The molecule has 0 saturated carbocycles. The van der Waals surface area contributed by atoms with Crippen LogP contribution >= 0.6 is 0 Å². The van der Waals surface area contributed by atoms with E-state index in [4.69, 9.17) is 14.4 Å². The van der Waals surface area contributed by atoms with Crippen LogP contribution in [0.15, 0.2) is 78.1 Å². The Morgan fingerprint density at radius 3 is 2.35 bits per heavy atom. The van der Waals surface area contributed by atoms with Crippen molar-refractivity contribution in [2.75, 3.05) is 0 Å². The van der Waals surface area contributed by atoms with Crippen molar-refractivity contribution in [3.8, 4) is 0 Å². The summed E-state index contributed by atoms with van der Waals surface area (Å²) in [5.41, 5.74) is 7.60. The van der Waals surface area contributed by atoms with Crippen LogP contribution < -0.4 is 4.57 Å². The summed E-state index contributed by atoms with van der Waals surface area (Å²) in [5.74, 6) is 0.663. The first-order valence-electron chi connectivity index (χ1n) is 11.9. The van der Waals surface area contributed by atoms with E-state index in [1.807, 2.05) is 18.6 Å². The van der Waals surface area contributed by atoms with Gasteiger partial charge in [0.05, 0.1) is 23.3 Å². The number of fused-ring (bicyclic) bond motifs is 2. The topological polar surface area (TPSA) is 55.7 Å². The third kappa shape index (κ3) is 3.75. The SMILES string of the molecule is CC(C)c1ccnc2c(C(C)(C)c3cccc4c3ncc[n+]4CC(C)c3cocn3)cccc12. The minimum Gasteiger partial charge on any atom is -0.451 e. The molecular weight excluding hydrogens is 420 g/mol. The van der Waals surface area contributed by atoms with Crippen LogP contribution in [0.2, 0.25) is 0 Å². The van der Waals surface area contributed by atoms with E-state index in [1.165, 1.54) is 28.5 Å². The standard InChI is InChI=1S/C29H31N4O/c1-19(2)21-12-13-30-27-22(21)8-6-9-23(27)29(4,5)24-10-7-11-26-28(24)31-14-15-33(26)16-20(3)25-17-34-18-32-25/h6-15,17-20H,16H2,1-5H3/q+1. The van der Waals surface area contributed by atoms with Gasteiger partial charge in [-0.05, 0) is 28.7 Å². The second-order valence-corrected chi connectivity index (χ2v) is 9.95. The fourth-order valence-corrected chi connectivity index (χ4v) is 5.04. The number of benzene rings is 2. The molecule has 0 saturated heterocycles. The van der Waals surface area contributed by atoms with Gasteiger partial charge in [-0.3, -0.25) is 4.98 Å². The Hall–Kier alpha value is -3.60. The van der Waals surface area contributed by atoms with Crippen LogP contribution in [-0.4, -0.2) is 15.0 Å². The summed E-state index contributed by atoms with van der Waals surface area (Å²) in [5, 5.41) is 1.23. The molecule has 0 fully saturated rings. The molecule has 1 atom stereocenters. The van der Waals surface area contributed by atoms with Gasteiger partial charge in [-0.1, -0.05) is 65.0 Å². The molecule has 5 heteroatoms. The van der Waals surface area contributed by atoms with E-state index in [1.54, 1.807) is 6.26 Å². The lowest BCUT2D eigenvalue weighted by molar-refractivity contribution is -0.674. The maximum absolute atomic E-state index is 5.19. The average molecular weight is 452 g/mol. The van der Waals surface area contributed by atoms with Gasteiger partial charge in [-0.2, -0.15) is 4.57 Å². The highest BCUT2D eigenvalue weighted by atomic mass is 16.3. The lowest BCUT2D eigenvalue weighted by atomic mass is 9.76. The zero-order valence-electron chi connectivity index (χ0n) is 20.5. The number of nitrogens with zero attached hydrogens (tertiary/aromatic N) is 4. The van der Waals surface area contributed by atoms with Crippen molar-refractivity contribution < 1.29 is 8.98 Å². The molecule has 0 aliphatic rings. The monoisotopic (exact) mass is 451 g/mol. The summed E-state index contributed by atoms with van der Waals surface area (Å²) in [6.45, 7) is 12.0. The minimum absolute atomic E-state index is 0.225. The number of hydrogen-bond acceptors (Lipinski definition) is 4. The van der Waals surface area contributed by atoms with Crippen molar-refractivity contribution in [3.63, 3.8) is 0 Å². The molecule has 0 amide bonds. The van der Waals surface area contributed by atoms with Crippen molar-refractivity contribution in [3.05, 3.63) is 96.1 Å². The van der Waals surface area contributed by atoms with Gasteiger partial charge < -0.3 is 4.42 Å². The Balaban J connectivity index is 1.64. The van der Waals surface area contributed by atoms with Gasteiger partial charge >= 0.3 is 0 Å². The van der Waals surface area contributed by atoms with E-state index in [2.05, 4.69) is 86.6 Å². The van der Waals surface area contributed by atoms with Gasteiger partial charge in [0.25, 0.3) is 0 Å². The number of rotatable bonds is 6. The van der Waals surface area contributed by atoms with Crippen LogP contribution in [0.1, 0.15) is 68.8 Å². The molecule has 0 spiro atoms. The van der Waals surface area contributed by atoms with E-state index < -0.39 is 0 Å². The highest BCUT2D eigenvalue weighted by Gasteiger charge is 2.30. The third-order valence-electron chi connectivity index (χ3n) is 6.97. The lowest BCUT2D eigenvalue weighted by Gasteiger charge is -2.28. The van der Waals surface area contributed by atoms with Crippen molar-refractivity contribution in [1.29, 1.82) is 0 Å². The zero-order valence-corrected chi connectivity index (χ0v) is 20.5. The van der Waals surface area contributed by atoms with E-state index in [0.29, 0.717) is 5.92 Å². The number of para-hydroxylation sites is 2. The molecule has 5 rings (SSSR count). The van der Waals surface area contributed by atoms with E-state index in [0.717, 1.165) is 28.8 Å². The summed E-state index contributed by atoms with van der Waals surface area (Å²) >= 11 is 0. The highest BCUT2D eigenvalue weighted by molar-refractivity contribution is 5.88. The number of aromatic nitrogens is 4. The van der Waals surface area contributed by atoms with E-state index >= 15 is 0 Å². The molecule has 3 heterocycles. The van der Waals surface area contributed by atoms with Crippen LogP contribution in [0.3, 0.4) is 0 Å². The summed E-state index contributed by atoms with van der Waals surface area (Å²) in [6, 6.07) is 15.2. The quantitative estimate of drug-likeness (QED) is 0.284. The van der Waals surface area contributed by atoms with Gasteiger partial charge in [-0.15, -0.1) is 0 Å². The molecule has 172 valence electrons. The molecule has 0 N–H and O–H groups in total. The third-order valence-corrected chi connectivity index (χ3v) is 6.97. The first-order valence-corrected chi connectivity index (χ1v) is 11.9. The van der Waals surface area contributed by atoms with E-state index in [-0.39, 0.29) is 11.3 Å². The Morgan fingerprint density at radius 2 is 1.62 bits per heavy atom. The fraction of sp³-hybridized carbons (Fsp3) is 0.310. The molecule has 34 heavy (non-hydrogen) atoms. The van der Waals surface area contributed by atoms with Gasteiger partial charge in [0, 0.05) is 23.1 Å². The molecule has 0 aliphatic carbocycles. The second kappa shape index (κ2) is 8.64. The van der Waals surface area contributed by atoms with Gasteiger partial charge in [0.1, 0.15) is 11.8 Å². The second-order valence-electron chi connectivity index (χ2n) is 9.95. The molecule has 1 unspecified atom stereocenters. The Bertz CT molecular complexity index is 1450. The number of pyridine rings is 1. The minimum atomic E-state index is -0.286. The predicted octanol–water partition coefficient (Wildman–Crippen LogP) is 6.31. The smallest absolute Gasteiger partial charge is 0.231 e. The lowest BCUT2D eigenvalue weighted by Crippen LogP contribution is -2.37. The molecular formula is C29H31N4O+. The van der Waals surface area contributed by atoms with Crippen molar-refractivity contribution in [2.24, 2.45) is 0 Å². The van der Waals surface area contributed by atoms with Gasteiger partial charge in [0.15, 0.2) is 19.1 Å². The Kier molecular flexibility index (Phi) is 5.64. The highest BCUT2D eigenvalue weighted by Crippen LogP contribution is 2.39. The van der Waals surface area contributed by atoms with E-state index in [9.17, 15) is 0 Å².